The minimum atomic E-state index is 0.584. The molecular formula is C27H51N3O. The van der Waals surface area contributed by atoms with Crippen LogP contribution in [0.4, 0.5) is 0 Å². The van der Waals surface area contributed by atoms with Crippen LogP contribution in [-0.2, 0) is 4.74 Å². The molecule has 0 saturated carbocycles. The molecule has 0 aromatic heterocycles. The number of rotatable bonds is 23. The monoisotopic (exact) mass is 433 g/mol. The molecule has 0 aliphatic rings. The van der Waals surface area contributed by atoms with Crippen LogP contribution in [0, 0.1) is 5.92 Å². The Hall–Kier alpha value is -1.68. The first-order valence-corrected chi connectivity index (χ1v) is 12.3. The van der Waals surface area contributed by atoms with Gasteiger partial charge in [-0.2, -0.15) is 0 Å². The molecule has 0 aliphatic carbocycles. The highest BCUT2D eigenvalue weighted by atomic mass is 16.5. The molecule has 1 atom stereocenters. The maximum atomic E-state index is 5.53. The van der Waals surface area contributed by atoms with E-state index in [-0.39, 0.29) is 0 Å². The molecule has 4 nitrogen and oxygen atoms in total. The molecule has 0 rings (SSSR count). The third-order valence-corrected chi connectivity index (χ3v) is 5.25. The number of hydrogen-bond donors (Lipinski definition) is 3. The normalized spacial score (nSPS) is 11.7. The lowest BCUT2D eigenvalue weighted by atomic mass is 9.98. The number of hydrogen-bond acceptors (Lipinski definition) is 4. The fourth-order valence-corrected chi connectivity index (χ4v) is 3.59. The van der Waals surface area contributed by atoms with Gasteiger partial charge in [-0.25, -0.2) is 0 Å². The molecule has 0 radical (unpaired) electrons. The van der Waals surface area contributed by atoms with E-state index in [4.69, 9.17) is 10.5 Å². The van der Waals surface area contributed by atoms with Crippen molar-refractivity contribution >= 4 is 0 Å². The molecule has 31 heavy (non-hydrogen) atoms. The molecule has 0 bridgehead atoms. The molecule has 0 spiro atoms. The summed E-state index contributed by atoms with van der Waals surface area (Å²) in [7, 11) is 0. The summed E-state index contributed by atoms with van der Waals surface area (Å²) in [5.41, 5.74) is 9.58. The smallest absolute Gasteiger partial charge is 0.0538 e. The Morgan fingerprint density at radius 2 is 1.35 bits per heavy atom. The van der Waals surface area contributed by atoms with Crippen molar-refractivity contribution in [2.24, 2.45) is 11.7 Å². The van der Waals surface area contributed by atoms with E-state index in [1.165, 1.54) is 56.9 Å². The van der Waals surface area contributed by atoms with Crippen molar-refractivity contribution < 1.29 is 4.74 Å². The SMILES string of the molecule is C=C(C)CC(C)CC(=C)NCC(=C)NCCCCCCCCCCCOCCC(=C)N. The summed E-state index contributed by atoms with van der Waals surface area (Å²) >= 11 is 0. The molecule has 0 fully saturated rings. The van der Waals surface area contributed by atoms with Crippen molar-refractivity contribution in [1.29, 1.82) is 0 Å². The second-order valence-corrected chi connectivity index (χ2v) is 9.16. The fraction of sp³-hybridized carbons (Fsp3) is 0.704. The van der Waals surface area contributed by atoms with Crippen LogP contribution in [0.3, 0.4) is 0 Å². The maximum Gasteiger partial charge on any atom is 0.0538 e. The van der Waals surface area contributed by atoms with Gasteiger partial charge in [-0.05, 0) is 38.5 Å². The Labute approximate surface area is 193 Å². The summed E-state index contributed by atoms with van der Waals surface area (Å²) in [6.07, 6.45) is 14.4. The van der Waals surface area contributed by atoms with Gasteiger partial charge >= 0.3 is 0 Å². The third kappa shape index (κ3) is 22.8. The van der Waals surface area contributed by atoms with Crippen molar-refractivity contribution in [2.45, 2.75) is 90.9 Å². The van der Waals surface area contributed by atoms with Gasteiger partial charge in [0.15, 0.2) is 0 Å². The summed E-state index contributed by atoms with van der Waals surface area (Å²) in [6.45, 7) is 23.6. The predicted octanol–water partition coefficient (Wildman–Crippen LogP) is 6.58. The fourth-order valence-electron chi connectivity index (χ4n) is 3.59. The standard InChI is InChI=1S/C27H51N3O/c1-23(2)20-24(3)21-26(5)30-22-27(6)29-17-14-12-10-8-7-9-11-13-15-18-31-19-16-25(4)28/h24,29-30H,1,4-22,28H2,2-3H3. The van der Waals surface area contributed by atoms with E-state index in [0.717, 1.165) is 56.8 Å². The zero-order chi connectivity index (χ0) is 23.3. The quantitative estimate of drug-likeness (QED) is 0.126. The van der Waals surface area contributed by atoms with Gasteiger partial charge in [-0.3, -0.25) is 0 Å². The van der Waals surface area contributed by atoms with E-state index in [1.54, 1.807) is 0 Å². The van der Waals surface area contributed by atoms with Gasteiger partial charge in [-0.1, -0.05) is 77.2 Å². The van der Waals surface area contributed by atoms with Crippen LogP contribution in [0.2, 0.25) is 0 Å². The maximum absolute atomic E-state index is 5.53. The zero-order valence-corrected chi connectivity index (χ0v) is 20.7. The van der Waals surface area contributed by atoms with Gasteiger partial charge in [-0.15, -0.1) is 6.58 Å². The molecule has 1 unspecified atom stereocenters. The van der Waals surface area contributed by atoms with E-state index in [0.29, 0.717) is 18.2 Å². The lowest BCUT2D eigenvalue weighted by Gasteiger charge is -2.16. The van der Waals surface area contributed by atoms with Gasteiger partial charge in [0.2, 0.25) is 0 Å². The Morgan fingerprint density at radius 3 is 1.94 bits per heavy atom. The molecule has 0 saturated heterocycles. The topological polar surface area (TPSA) is 59.3 Å². The summed E-state index contributed by atoms with van der Waals surface area (Å²) < 4.78 is 5.53. The average Bonchev–Trinajstić information content (AvgIpc) is 2.68. The summed E-state index contributed by atoms with van der Waals surface area (Å²) in [5, 5.41) is 6.82. The van der Waals surface area contributed by atoms with E-state index in [2.05, 4.69) is 50.8 Å². The predicted molar refractivity (Wildman–Crippen MR) is 138 cm³/mol. The first-order valence-electron chi connectivity index (χ1n) is 12.3. The van der Waals surface area contributed by atoms with Crippen LogP contribution in [-0.4, -0.2) is 26.3 Å². The zero-order valence-electron chi connectivity index (χ0n) is 20.7. The van der Waals surface area contributed by atoms with Gasteiger partial charge in [0, 0.05) is 36.7 Å². The summed E-state index contributed by atoms with van der Waals surface area (Å²) in [5.74, 6) is 0.584. The Morgan fingerprint density at radius 1 is 0.774 bits per heavy atom. The van der Waals surface area contributed by atoms with Crippen molar-refractivity contribution in [3.63, 3.8) is 0 Å². The van der Waals surface area contributed by atoms with Crippen LogP contribution >= 0.6 is 0 Å². The molecule has 0 aromatic carbocycles. The van der Waals surface area contributed by atoms with E-state index < -0.39 is 0 Å². The minimum absolute atomic E-state index is 0.584. The average molecular weight is 434 g/mol. The highest BCUT2D eigenvalue weighted by Gasteiger charge is 2.05. The van der Waals surface area contributed by atoms with Crippen molar-refractivity contribution in [3.05, 3.63) is 49.0 Å². The number of nitrogens with one attached hydrogen (secondary N) is 2. The highest BCUT2D eigenvalue weighted by molar-refractivity contribution is 5.02. The highest BCUT2D eigenvalue weighted by Crippen LogP contribution is 2.16. The largest absolute Gasteiger partial charge is 0.402 e. The van der Waals surface area contributed by atoms with Gasteiger partial charge in [0.25, 0.3) is 0 Å². The van der Waals surface area contributed by atoms with Gasteiger partial charge in [0.05, 0.1) is 13.2 Å². The van der Waals surface area contributed by atoms with Crippen LogP contribution in [0.25, 0.3) is 0 Å². The van der Waals surface area contributed by atoms with Gasteiger partial charge < -0.3 is 21.1 Å². The van der Waals surface area contributed by atoms with E-state index in [9.17, 15) is 0 Å². The molecule has 0 amide bonds. The van der Waals surface area contributed by atoms with E-state index in [1.807, 2.05) is 0 Å². The Bertz CT molecular complexity index is 513. The third-order valence-electron chi connectivity index (χ3n) is 5.25. The Kier molecular flexibility index (Phi) is 19.1. The number of nitrogens with two attached hydrogens (primary N) is 1. The number of ether oxygens (including phenoxy) is 1. The first-order chi connectivity index (χ1) is 14.8. The second-order valence-electron chi connectivity index (χ2n) is 9.16. The molecule has 0 aromatic rings. The van der Waals surface area contributed by atoms with E-state index >= 15 is 0 Å². The molecule has 4 N–H and O–H groups in total. The molecular weight excluding hydrogens is 382 g/mol. The van der Waals surface area contributed by atoms with Crippen molar-refractivity contribution in [1.82, 2.24) is 10.6 Å². The van der Waals surface area contributed by atoms with Crippen LogP contribution in [0.1, 0.15) is 90.9 Å². The lowest BCUT2D eigenvalue weighted by molar-refractivity contribution is 0.132. The number of allylic oxidation sites excluding steroid dienone is 2. The molecule has 0 aliphatic heterocycles. The number of unbranched alkanes of at least 4 members (excludes halogenated alkanes) is 8. The molecule has 4 heteroatoms. The second kappa shape index (κ2) is 20.2. The first kappa shape index (κ1) is 29.3. The molecule has 180 valence electrons. The summed E-state index contributed by atoms with van der Waals surface area (Å²) in [4.78, 5) is 0. The van der Waals surface area contributed by atoms with Crippen LogP contribution < -0.4 is 16.4 Å². The molecule has 0 heterocycles. The van der Waals surface area contributed by atoms with Gasteiger partial charge in [0.1, 0.15) is 0 Å². The van der Waals surface area contributed by atoms with Crippen molar-refractivity contribution in [2.75, 3.05) is 26.3 Å². The lowest BCUT2D eigenvalue weighted by Crippen LogP contribution is -2.25. The van der Waals surface area contributed by atoms with Crippen LogP contribution in [0.5, 0.6) is 0 Å². The van der Waals surface area contributed by atoms with Crippen LogP contribution in [0.15, 0.2) is 49.0 Å². The summed E-state index contributed by atoms with van der Waals surface area (Å²) in [6, 6.07) is 0. The minimum Gasteiger partial charge on any atom is -0.402 e. The van der Waals surface area contributed by atoms with Crippen molar-refractivity contribution in [3.8, 4) is 0 Å². The Balaban J connectivity index is 3.36.